The summed E-state index contributed by atoms with van der Waals surface area (Å²) >= 11 is 0. The lowest BCUT2D eigenvalue weighted by molar-refractivity contribution is -0.121. The molecule has 1 aliphatic heterocycles. The van der Waals surface area contributed by atoms with Crippen LogP contribution < -0.4 is 5.32 Å². The predicted octanol–water partition coefficient (Wildman–Crippen LogP) is 2.92. The van der Waals surface area contributed by atoms with E-state index in [1.54, 1.807) is 17.3 Å². The van der Waals surface area contributed by atoms with Gasteiger partial charge in [0.25, 0.3) is 0 Å². The molecule has 0 radical (unpaired) electrons. The van der Waals surface area contributed by atoms with Gasteiger partial charge < -0.3 is 15.0 Å². The molecule has 0 bridgehead atoms. The fourth-order valence-corrected chi connectivity index (χ4v) is 2.86. The first kappa shape index (κ1) is 19.2. The van der Waals surface area contributed by atoms with Crippen LogP contribution in [0.3, 0.4) is 0 Å². The van der Waals surface area contributed by atoms with Crippen LogP contribution in [-0.4, -0.2) is 46.6 Å². The highest BCUT2D eigenvalue weighted by molar-refractivity contribution is 5.76. The van der Waals surface area contributed by atoms with Gasteiger partial charge in [-0.2, -0.15) is 0 Å². The summed E-state index contributed by atoms with van der Waals surface area (Å²) in [6, 6.07) is 3.82. The van der Waals surface area contributed by atoms with Crippen molar-refractivity contribution in [2.75, 3.05) is 13.1 Å². The first-order valence-electron chi connectivity index (χ1n) is 9.00. The van der Waals surface area contributed by atoms with Gasteiger partial charge in [-0.25, -0.2) is 4.79 Å². The number of aromatic nitrogens is 1. The van der Waals surface area contributed by atoms with Gasteiger partial charge in [0.2, 0.25) is 5.91 Å². The average Bonchev–Trinajstić information content (AvgIpc) is 2.78. The summed E-state index contributed by atoms with van der Waals surface area (Å²) in [4.78, 5) is 30.3. The molecule has 1 aliphatic rings. The van der Waals surface area contributed by atoms with E-state index in [9.17, 15) is 9.59 Å². The van der Waals surface area contributed by atoms with Gasteiger partial charge in [-0.3, -0.25) is 9.78 Å². The third kappa shape index (κ3) is 7.11. The average molecular weight is 347 g/mol. The van der Waals surface area contributed by atoms with E-state index < -0.39 is 5.60 Å². The van der Waals surface area contributed by atoms with Gasteiger partial charge in [-0.1, -0.05) is 6.07 Å². The third-order valence-corrected chi connectivity index (χ3v) is 4.05. The first-order valence-corrected chi connectivity index (χ1v) is 9.00. The molecule has 2 rings (SSSR count). The maximum Gasteiger partial charge on any atom is 0.410 e. The number of amides is 2. The molecule has 1 saturated heterocycles. The van der Waals surface area contributed by atoms with Crippen LogP contribution in [0.25, 0.3) is 0 Å². The molecule has 0 spiro atoms. The summed E-state index contributed by atoms with van der Waals surface area (Å²) in [6.07, 6.45) is 7.11. The highest BCUT2D eigenvalue weighted by atomic mass is 16.6. The fourth-order valence-electron chi connectivity index (χ4n) is 2.86. The molecule has 6 heteroatoms. The van der Waals surface area contributed by atoms with Crippen molar-refractivity contribution < 1.29 is 14.3 Å². The molecule has 2 amide bonds. The van der Waals surface area contributed by atoms with Crippen LogP contribution in [0.15, 0.2) is 24.5 Å². The van der Waals surface area contributed by atoms with E-state index in [4.69, 9.17) is 4.74 Å². The van der Waals surface area contributed by atoms with Crippen molar-refractivity contribution in [3.8, 4) is 0 Å². The minimum atomic E-state index is -0.508. The molecule has 0 saturated carbocycles. The summed E-state index contributed by atoms with van der Waals surface area (Å²) in [6.45, 7) is 6.77. The van der Waals surface area contributed by atoms with Gasteiger partial charge in [0.15, 0.2) is 0 Å². The van der Waals surface area contributed by atoms with Gasteiger partial charge in [-0.15, -0.1) is 0 Å². The second-order valence-corrected chi connectivity index (χ2v) is 7.55. The summed E-state index contributed by atoms with van der Waals surface area (Å²) < 4.78 is 5.46. The zero-order chi connectivity index (χ0) is 18.3. The number of ether oxygens (including phenoxy) is 1. The molecule has 25 heavy (non-hydrogen) atoms. The quantitative estimate of drug-likeness (QED) is 0.909. The number of pyridine rings is 1. The van der Waals surface area contributed by atoms with Gasteiger partial charge in [0, 0.05) is 37.9 Å². The van der Waals surface area contributed by atoms with E-state index in [-0.39, 0.29) is 18.0 Å². The Labute approximate surface area is 150 Å². The Balaban J connectivity index is 1.83. The van der Waals surface area contributed by atoms with E-state index in [0.717, 1.165) is 24.8 Å². The number of aryl methyl sites for hydroxylation is 1. The number of nitrogens with zero attached hydrogens (tertiary/aromatic N) is 2. The molecule has 6 nitrogen and oxygen atoms in total. The topological polar surface area (TPSA) is 71.5 Å². The smallest absolute Gasteiger partial charge is 0.410 e. The van der Waals surface area contributed by atoms with Crippen molar-refractivity contribution in [3.63, 3.8) is 0 Å². The van der Waals surface area contributed by atoms with Crippen LogP contribution in [0.4, 0.5) is 4.79 Å². The van der Waals surface area contributed by atoms with Gasteiger partial charge in [-0.05, 0) is 58.1 Å². The zero-order valence-corrected chi connectivity index (χ0v) is 15.5. The standard InChI is InChI=1S/C19H29N3O3/c1-19(2,3)25-18(24)22-12-5-4-8-16(14-22)21-17(23)10-9-15-7-6-11-20-13-15/h6-7,11,13,16H,4-5,8-10,12,14H2,1-3H3,(H,21,23). The molecular weight excluding hydrogens is 318 g/mol. The molecule has 1 N–H and O–H groups in total. The molecule has 1 aromatic rings. The normalized spacial score (nSPS) is 18.4. The number of carbonyl (C=O) groups is 2. The van der Waals surface area contributed by atoms with Crippen LogP contribution in [-0.2, 0) is 16.0 Å². The van der Waals surface area contributed by atoms with Crippen LogP contribution in [0.1, 0.15) is 52.0 Å². The minimum absolute atomic E-state index is 0.0138. The molecule has 1 atom stereocenters. The van der Waals surface area contributed by atoms with Crippen LogP contribution in [0.2, 0.25) is 0 Å². The summed E-state index contributed by atoms with van der Waals surface area (Å²) in [7, 11) is 0. The molecule has 1 aromatic heterocycles. The van der Waals surface area contributed by atoms with Crippen molar-refractivity contribution in [1.82, 2.24) is 15.2 Å². The number of carbonyl (C=O) groups excluding carboxylic acids is 2. The second-order valence-electron chi connectivity index (χ2n) is 7.55. The maximum absolute atomic E-state index is 12.3. The van der Waals surface area contributed by atoms with Crippen molar-refractivity contribution in [1.29, 1.82) is 0 Å². The van der Waals surface area contributed by atoms with Crippen molar-refractivity contribution >= 4 is 12.0 Å². The van der Waals surface area contributed by atoms with Crippen molar-refractivity contribution in [2.24, 2.45) is 0 Å². The lowest BCUT2D eigenvalue weighted by Crippen LogP contribution is -2.46. The van der Waals surface area contributed by atoms with E-state index in [1.807, 2.05) is 32.9 Å². The van der Waals surface area contributed by atoms with Gasteiger partial charge in [0.1, 0.15) is 5.60 Å². The lowest BCUT2D eigenvalue weighted by atomic mass is 10.1. The Morgan fingerprint density at radius 1 is 1.36 bits per heavy atom. The Kier molecular flexibility index (Phi) is 6.79. The molecule has 1 fully saturated rings. The monoisotopic (exact) mass is 347 g/mol. The zero-order valence-electron chi connectivity index (χ0n) is 15.5. The minimum Gasteiger partial charge on any atom is -0.444 e. The SMILES string of the molecule is CC(C)(C)OC(=O)N1CCCCC(NC(=O)CCc2cccnc2)C1. The molecule has 1 unspecified atom stereocenters. The lowest BCUT2D eigenvalue weighted by Gasteiger charge is -2.28. The van der Waals surface area contributed by atoms with E-state index in [0.29, 0.717) is 25.9 Å². The fraction of sp³-hybridized carbons (Fsp3) is 0.632. The number of nitrogens with one attached hydrogen (secondary N) is 1. The maximum atomic E-state index is 12.3. The molecule has 2 heterocycles. The highest BCUT2D eigenvalue weighted by Crippen LogP contribution is 2.15. The highest BCUT2D eigenvalue weighted by Gasteiger charge is 2.26. The number of hydrogen-bond acceptors (Lipinski definition) is 4. The van der Waals surface area contributed by atoms with E-state index in [1.165, 1.54) is 0 Å². The Bertz CT molecular complexity index is 569. The second kappa shape index (κ2) is 8.83. The Morgan fingerprint density at radius 2 is 2.16 bits per heavy atom. The third-order valence-electron chi connectivity index (χ3n) is 4.05. The molecule has 138 valence electrons. The van der Waals surface area contributed by atoms with Crippen LogP contribution in [0.5, 0.6) is 0 Å². The molecular formula is C19H29N3O3. The number of rotatable bonds is 4. The Hall–Kier alpha value is -2.11. The van der Waals surface area contributed by atoms with Gasteiger partial charge >= 0.3 is 6.09 Å². The summed E-state index contributed by atoms with van der Waals surface area (Å²) in [5.41, 5.74) is 0.542. The predicted molar refractivity (Wildman–Crippen MR) is 96.1 cm³/mol. The number of likely N-dealkylation sites (tertiary alicyclic amines) is 1. The first-order chi connectivity index (χ1) is 11.8. The number of hydrogen-bond donors (Lipinski definition) is 1. The van der Waals surface area contributed by atoms with Crippen molar-refractivity contribution in [2.45, 2.75) is 64.5 Å². The molecule has 0 aromatic carbocycles. The Morgan fingerprint density at radius 3 is 2.84 bits per heavy atom. The van der Waals surface area contributed by atoms with E-state index >= 15 is 0 Å². The van der Waals surface area contributed by atoms with Crippen LogP contribution >= 0.6 is 0 Å². The summed E-state index contributed by atoms with van der Waals surface area (Å²) in [5.74, 6) is 0.0138. The molecule has 0 aliphatic carbocycles. The van der Waals surface area contributed by atoms with Crippen molar-refractivity contribution in [3.05, 3.63) is 30.1 Å². The summed E-state index contributed by atoms with van der Waals surface area (Å²) in [5, 5.41) is 3.07. The van der Waals surface area contributed by atoms with Crippen LogP contribution in [0, 0.1) is 0 Å². The largest absolute Gasteiger partial charge is 0.444 e. The van der Waals surface area contributed by atoms with Gasteiger partial charge in [0.05, 0.1) is 0 Å². The van der Waals surface area contributed by atoms with E-state index in [2.05, 4.69) is 10.3 Å².